The van der Waals surface area contributed by atoms with E-state index in [4.69, 9.17) is 26.2 Å². The molecule has 1 heterocycles. The van der Waals surface area contributed by atoms with Crippen molar-refractivity contribution >= 4 is 17.6 Å². The van der Waals surface area contributed by atoms with E-state index in [0.717, 1.165) is 6.07 Å². The molecule has 0 bridgehead atoms. The molecule has 0 spiro atoms. The van der Waals surface area contributed by atoms with Crippen molar-refractivity contribution in [2.24, 2.45) is 0 Å². The zero-order valence-electron chi connectivity index (χ0n) is 16.4. The molecular weight excluding hydrogens is 476 g/mol. The van der Waals surface area contributed by atoms with Crippen LogP contribution in [0.1, 0.15) is 12.6 Å². The second-order valence-corrected chi connectivity index (χ2v) is 6.97. The summed E-state index contributed by atoms with van der Waals surface area (Å²) in [6.45, 7) is 1.32. The van der Waals surface area contributed by atoms with Crippen LogP contribution in [0, 0.1) is 5.82 Å². The molecule has 2 N–H and O–H groups in total. The second kappa shape index (κ2) is 8.98. The van der Waals surface area contributed by atoms with E-state index in [1.807, 2.05) is 0 Å². The molecule has 1 aromatic heterocycles. The van der Waals surface area contributed by atoms with Crippen LogP contribution in [0.4, 0.5) is 17.6 Å². The standard InChI is InChI=1S/C20H13ClF4N2O6/c1-9(18(29)30)32-10-2-4-11(5-3-10)33-15-7-14(13(22)6-12(15)21)27-16(20(23,24)25)8-17(28)26-19(27)31/h2-9H,1H3,(H,29,30)(H,26,28,31). The van der Waals surface area contributed by atoms with Gasteiger partial charge in [0.2, 0.25) is 0 Å². The lowest BCUT2D eigenvalue weighted by Crippen LogP contribution is -2.34. The molecule has 0 amide bonds. The summed E-state index contributed by atoms with van der Waals surface area (Å²) in [6, 6.07) is 6.95. The molecule has 0 aliphatic rings. The normalized spacial score (nSPS) is 12.3. The predicted octanol–water partition coefficient (Wildman–Crippen LogP) is 3.98. The van der Waals surface area contributed by atoms with Gasteiger partial charge in [0.25, 0.3) is 5.56 Å². The van der Waals surface area contributed by atoms with Crippen LogP contribution in [-0.4, -0.2) is 26.7 Å². The van der Waals surface area contributed by atoms with Gasteiger partial charge in [-0.3, -0.25) is 14.3 Å². The third-order valence-electron chi connectivity index (χ3n) is 4.19. The van der Waals surface area contributed by atoms with Gasteiger partial charge in [-0.05, 0) is 37.3 Å². The number of carboxylic acids is 1. The Morgan fingerprint density at radius 1 is 1.12 bits per heavy atom. The van der Waals surface area contributed by atoms with E-state index in [9.17, 15) is 31.9 Å². The molecule has 8 nitrogen and oxygen atoms in total. The molecule has 0 aliphatic carbocycles. The van der Waals surface area contributed by atoms with Crippen molar-refractivity contribution in [3.63, 3.8) is 0 Å². The number of nitrogens with zero attached hydrogens (tertiary/aromatic N) is 1. The molecule has 0 saturated heterocycles. The number of H-pyrrole nitrogens is 1. The van der Waals surface area contributed by atoms with Crippen molar-refractivity contribution in [3.8, 4) is 22.9 Å². The van der Waals surface area contributed by atoms with Gasteiger partial charge in [0.05, 0.1) is 10.7 Å². The summed E-state index contributed by atoms with van der Waals surface area (Å²) < 4.78 is 65.3. The maximum atomic E-state index is 14.5. The third kappa shape index (κ3) is 5.34. The Bertz CT molecular complexity index is 1320. The molecule has 0 fully saturated rings. The topological polar surface area (TPSA) is 111 Å². The molecule has 0 saturated carbocycles. The number of halogens is 5. The minimum atomic E-state index is -5.15. The van der Waals surface area contributed by atoms with E-state index in [1.165, 1.54) is 31.2 Å². The van der Waals surface area contributed by atoms with E-state index >= 15 is 0 Å². The minimum absolute atomic E-state index is 0.0514. The Morgan fingerprint density at radius 3 is 2.30 bits per heavy atom. The van der Waals surface area contributed by atoms with Crippen molar-refractivity contribution in [2.75, 3.05) is 0 Å². The van der Waals surface area contributed by atoms with Gasteiger partial charge in [-0.15, -0.1) is 0 Å². The second-order valence-electron chi connectivity index (χ2n) is 6.56. The van der Waals surface area contributed by atoms with Crippen molar-refractivity contribution in [1.29, 1.82) is 0 Å². The molecule has 0 aliphatic heterocycles. The van der Waals surface area contributed by atoms with Crippen molar-refractivity contribution in [2.45, 2.75) is 19.2 Å². The molecule has 174 valence electrons. The zero-order chi connectivity index (χ0) is 24.5. The Hall–Kier alpha value is -3.80. The summed E-state index contributed by atoms with van der Waals surface area (Å²) in [7, 11) is 0. The molecule has 13 heteroatoms. The number of aliphatic carboxylic acids is 1. The molecule has 33 heavy (non-hydrogen) atoms. The van der Waals surface area contributed by atoms with Crippen LogP contribution in [0.25, 0.3) is 5.69 Å². The number of ether oxygens (including phenoxy) is 2. The lowest BCUT2D eigenvalue weighted by molar-refractivity contribution is -0.144. The fourth-order valence-electron chi connectivity index (χ4n) is 2.68. The number of alkyl halides is 3. The van der Waals surface area contributed by atoms with Gasteiger partial charge in [0.15, 0.2) is 6.10 Å². The molecule has 0 radical (unpaired) electrons. The third-order valence-corrected chi connectivity index (χ3v) is 4.48. The van der Waals surface area contributed by atoms with Crippen LogP contribution in [0.2, 0.25) is 5.02 Å². The van der Waals surface area contributed by atoms with Crippen LogP contribution in [0.3, 0.4) is 0 Å². The first-order valence-corrected chi connectivity index (χ1v) is 9.35. The number of aromatic amines is 1. The van der Waals surface area contributed by atoms with E-state index < -0.39 is 46.7 Å². The summed E-state index contributed by atoms with van der Waals surface area (Å²) >= 11 is 5.95. The summed E-state index contributed by atoms with van der Waals surface area (Å²) in [6.07, 6.45) is -6.27. The van der Waals surface area contributed by atoms with Gasteiger partial charge >= 0.3 is 17.8 Å². The summed E-state index contributed by atoms with van der Waals surface area (Å²) in [5.74, 6) is -2.48. The summed E-state index contributed by atoms with van der Waals surface area (Å²) in [4.78, 5) is 36.0. The SMILES string of the molecule is CC(Oc1ccc(Oc2cc(-n3c(C(F)(F)F)cc(=O)[nH]c3=O)c(F)cc2Cl)cc1)C(=O)O. The van der Waals surface area contributed by atoms with Gasteiger partial charge < -0.3 is 14.6 Å². The van der Waals surface area contributed by atoms with Crippen molar-refractivity contribution in [3.05, 3.63) is 79.8 Å². The first-order valence-electron chi connectivity index (χ1n) is 8.97. The Labute approximate surface area is 186 Å². The van der Waals surface area contributed by atoms with E-state index in [2.05, 4.69) is 0 Å². The zero-order valence-corrected chi connectivity index (χ0v) is 17.2. The number of hydrogen-bond donors (Lipinski definition) is 2. The largest absolute Gasteiger partial charge is 0.479 e. The van der Waals surface area contributed by atoms with Gasteiger partial charge in [0.1, 0.15) is 28.8 Å². The highest BCUT2D eigenvalue weighted by Crippen LogP contribution is 2.35. The van der Waals surface area contributed by atoms with Gasteiger partial charge in [-0.1, -0.05) is 11.6 Å². The van der Waals surface area contributed by atoms with Crippen LogP contribution in [-0.2, 0) is 11.0 Å². The van der Waals surface area contributed by atoms with Crippen LogP contribution in [0.5, 0.6) is 17.2 Å². The molecule has 1 atom stereocenters. The molecule has 2 aromatic carbocycles. The summed E-state index contributed by atoms with van der Waals surface area (Å²) in [5, 5.41) is 8.54. The first kappa shape index (κ1) is 23.9. The van der Waals surface area contributed by atoms with Crippen LogP contribution >= 0.6 is 11.6 Å². The summed E-state index contributed by atoms with van der Waals surface area (Å²) in [5.41, 5.74) is -5.39. The molecule has 3 rings (SSSR count). The smallest absolute Gasteiger partial charge is 0.432 e. The maximum Gasteiger partial charge on any atom is 0.432 e. The number of hydrogen-bond acceptors (Lipinski definition) is 5. The average molecular weight is 489 g/mol. The maximum absolute atomic E-state index is 14.5. The fraction of sp³-hybridized carbons (Fsp3) is 0.150. The molecule has 3 aromatic rings. The molecular formula is C20H13ClF4N2O6. The fourth-order valence-corrected chi connectivity index (χ4v) is 2.87. The number of aromatic nitrogens is 2. The predicted molar refractivity (Wildman–Crippen MR) is 107 cm³/mol. The highest BCUT2D eigenvalue weighted by Gasteiger charge is 2.36. The lowest BCUT2D eigenvalue weighted by atomic mass is 10.2. The number of nitrogens with one attached hydrogen (secondary N) is 1. The average Bonchev–Trinajstić information content (AvgIpc) is 2.70. The first-order chi connectivity index (χ1) is 15.4. The Morgan fingerprint density at radius 2 is 1.73 bits per heavy atom. The van der Waals surface area contributed by atoms with Gasteiger partial charge in [-0.2, -0.15) is 13.2 Å². The van der Waals surface area contributed by atoms with Crippen molar-refractivity contribution < 1.29 is 36.9 Å². The number of carboxylic acid groups (broad SMARTS) is 1. The lowest BCUT2D eigenvalue weighted by Gasteiger charge is -2.17. The quantitative estimate of drug-likeness (QED) is 0.508. The minimum Gasteiger partial charge on any atom is -0.479 e. The highest BCUT2D eigenvalue weighted by atomic mass is 35.5. The Kier molecular flexibility index (Phi) is 6.49. The highest BCUT2D eigenvalue weighted by molar-refractivity contribution is 6.32. The van der Waals surface area contributed by atoms with E-state index in [0.29, 0.717) is 6.07 Å². The number of benzene rings is 2. The van der Waals surface area contributed by atoms with Crippen molar-refractivity contribution in [1.82, 2.24) is 9.55 Å². The van der Waals surface area contributed by atoms with Crippen LogP contribution < -0.4 is 20.7 Å². The number of carbonyl (C=O) groups is 1. The van der Waals surface area contributed by atoms with Crippen LogP contribution in [0.15, 0.2) is 52.1 Å². The van der Waals surface area contributed by atoms with E-state index in [1.54, 1.807) is 4.98 Å². The molecule has 1 unspecified atom stereocenters. The number of rotatable bonds is 6. The Balaban J connectivity index is 2.01. The van der Waals surface area contributed by atoms with E-state index in [-0.39, 0.29) is 32.9 Å². The monoisotopic (exact) mass is 488 g/mol. The van der Waals surface area contributed by atoms with Gasteiger partial charge in [-0.25, -0.2) is 14.0 Å². The van der Waals surface area contributed by atoms with Gasteiger partial charge in [0, 0.05) is 12.1 Å².